The van der Waals surface area contributed by atoms with Gasteiger partial charge < -0.3 is 10.1 Å². The number of benzene rings is 4. The molecule has 172 valence electrons. The first-order valence-electron chi connectivity index (χ1n) is 11.6. The third-order valence-electron chi connectivity index (χ3n) is 6.97. The fraction of sp³-hybridized carbons (Fsp3) is 0.207. The van der Waals surface area contributed by atoms with Crippen LogP contribution < -0.4 is 5.32 Å². The van der Waals surface area contributed by atoms with Gasteiger partial charge in [0.15, 0.2) is 0 Å². The smallest absolute Gasteiger partial charge is 0.410 e. The zero-order valence-corrected chi connectivity index (χ0v) is 19.6. The van der Waals surface area contributed by atoms with Gasteiger partial charge >= 0.3 is 6.09 Å². The highest BCUT2D eigenvalue weighted by atomic mass is 35.5. The maximum Gasteiger partial charge on any atom is 0.410 e. The number of carbonyl (C=O) groups excluding carboxylic acids is 1. The van der Waals surface area contributed by atoms with E-state index in [-0.39, 0.29) is 30.5 Å². The Kier molecular flexibility index (Phi) is 6.27. The van der Waals surface area contributed by atoms with Crippen LogP contribution in [0, 0.1) is 0 Å². The molecular weight excluding hydrogens is 444 g/mol. The molecule has 5 heteroatoms. The Morgan fingerprint density at radius 1 is 0.853 bits per heavy atom. The molecule has 1 N–H and O–H groups in total. The number of fused-ring (bicyclic) bond motifs is 4. The number of piperazine rings is 1. The fourth-order valence-corrected chi connectivity index (χ4v) is 5.31. The van der Waals surface area contributed by atoms with Gasteiger partial charge in [-0.3, -0.25) is 4.90 Å². The highest BCUT2D eigenvalue weighted by Gasteiger charge is 2.32. The Morgan fingerprint density at radius 3 is 2.24 bits per heavy atom. The molecule has 1 aliphatic heterocycles. The normalized spacial score (nSPS) is 17.1. The van der Waals surface area contributed by atoms with E-state index >= 15 is 0 Å². The third kappa shape index (κ3) is 3.93. The molecule has 1 saturated heterocycles. The number of amides is 1. The van der Waals surface area contributed by atoms with Crippen molar-refractivity contribution >= 4 is 29.3 Å². The average Bonchev–Trinajstić information content (AvgIpc) is 3.20. The van der Waals surface area contributed by atoms with Crippen LogP contribution in [-0.4, -0.2) is 37.2 Å². The Labute approximate surface area is 206 Å². The second kappa shape index (κ2) is 9.49. The van der Waals surface area contributed by atoms with Crippen LogP contribution in [0.3, 0.4) is 0 Å². The van der Waals surface area contributed by atoms with Crippen molar-refractivity contribution in [2.45, 2.75) is 12.0 Å². The Bertz CT molecular complexity index is 1290. The van der Waals surface area contributed by atoms with Crippen LogP contribution in [0.15, 0.2) is 91.0 Å². The van der Waals surface area contributed by atoms with E-state index in [0.717, 1.165) is 18.7 Å². The minimum Gasteiger partial charge on any atom is -0.448 e. The maximum absolute atomic E-state index is 13.3. The van der Waals surface area contributed by atoms with Crippen LogP contribution in [-0.2, 0) is 4.74 Å². The van der Waals surface area contributed by atoms with Crippen molar-refractivity contribution in [3.63, 3.8) is 0 Å². The van der Waals surface area contributed by atoms with E-state index in [1.807, 2.05) is 11.0 Å². The number of nitrogens with zero attached hydrogens (tertiary/aromatic N) is 1. The van der Waals surface area contributed by atoms with Crippen molar-refractivity contribution in [3.8, 4) is 11.1 Å². The van der Waals surface area contributed by atoms with Gasteiger partial charge in [-0.05, 0) is 44.7 Å². The molecule has 4 nitrogen and oxygen atoms in total. The van der Waals surface area contributed by atoms with Crippen molar-refractivity contribution in [1.29, 1.82) is 0 Å². The minimum atomic E-state index is -0.239. The van der Waals surface area contributed by atoms with E-state index in [1.165, 1.54) is 33.0 Å². The molecule has 6 rings (SSSR count). The standard InChI is InChI=1S/C29H26N2O2.ClH/c32-29(33-19-27-25-11-5-3-9-23(25)24-10-4-6-12-26(24)27)31-16-15-30-18-28(31)22-14-13-20-7-1-2-8-21(20)17-22;/h1-14,17,27-28,30H,15-16,18-19H2;1H. The predicted octanol–water partition coefficient (Wildman–Crippen LogP) is 6.16. The van der Waals surface area contributed by atoms with E-state index in [0.29, 0.717) is 13.2 Å². The molecule has 0 spiro atoms. The molecule has 1 amide bonds. The molecule has 0 radical (unpaired) electrons. The molecule has 0 saturated carbocycles. The molecule has 2 aliphatic rings. The van der Waals surface area contributed by atoms with Crippen LogP contribution in [0.5, 0.6) is 0 Å². The number of hydrogen-bond acceptors (Lipinski definition) is 3. The van der Waals surface area contributed by atoms with E-state index < -0.39 is 0 Å². The number of ether oxygens (including phenoxy) is 1. The summed E-state index contributed by atoms with van der Waals surface area (Å²) in [5.41, 5.74) is 6.08. The van der Waals surface area contributed by atoms with Gasteiger partial charge in [0.05, 0.1) is 6.04 Å². The summed E-state index contributed by atoms with van der Waals surface area (Å²) in [6.07, 6.45) is -0.239. The molecule has 0 aromatic heterocycles. The summed E-state index contributed by atoms with van der Waals surface area (Å²) < 4.78 is 5.98. The summed E-state index contributed by atoms with van der Waals surface area (Å²) >= 11 is 0. The molecule has 1 heterocycles. The fourth-order valence-electron chi connectivity index (χ4n) is 5.31. The van der Waals surface area contributed by atoms with Gasteiger partial charge in [-0.15, -0.1) is 12.4 Å². The van der Waals surface area contributed by atoms with Gasteiger partial charge in [-0.2, -0.15) is 0 Å². The SMILES string of the molecule is Cl.O=C(OCC1c2ccccc2-c2ccccc21)N1CCNCC1c1ccc2ccccc2c1. The summed E-state index contributed by atoms with van der Waals surface area (Å²) in [6, 6.07) is 31.6. The van der Waals surface area contributed by atoms with Crippen LogP contribution in [0.1, 0.15) is 28.7 Å². The first-order valence-corrected chi connectivity index (χ1v) is 11.6. The highest BCUT2D eigenvalue weighted by molar-refractivity contribution is 5.85. The van der Waals surface area contributed by atoms with E-state index in [2.05, 4.69) is 90.2 Å². The first-order chi connectivity index (χ1) is 16.3. The monoisotopic (exact) mass is 470 g/mol. The molecule has 4 aromatic rings. The summed E-state index contributed by atoms with van der Waals surface area (Å²) in [6.45, 7) is 2.48. The zero-order valence-electron chi connectivity index (χ0n) is 18.8. The number of halogens is 1. The molecule has 1 aliphatic carbocycles. The predicted molar refractivity (Wildman–Crippen MR) is 139 cm³/mol. The van der Waals surface area contributed by atoms with Crippen molar-refractivity contribution < 1.29 is 9.53 Å². The largest absolute Gasteiger partial charge is 0.448 e. The first kappa shape index (κ1) is 22.5. The van der Waals surface area contributed by atoms with Crippen molar-refractivity contribution in [3.05, 3.63) is 108 Å². The number of rotatable bonds is 3. The second-order valence-corrected chi connectivity index (χ2v) is 8.82. The lowest BCUT2D eigenvalue weighted by molar-refractivity contribution is 0.0753. The maximum atomic E-state index is 13.3. The van der Waals surface area contributed by atoms with Gasteiger partial charge in [-0.25, -0.2) is 4.79 Å². The average molecular weight is 471 g/mol. The van der Waals surface area contributed by atoms with Crippen LogP contribution in [0.4, 0.5) is 4.79 Å². The lowest BCUT2D eigenvalue weighted by Gasteiger charge is -2.36. The summed E-state index contributed by atoms with van der Waals surface area (Å²) in [7, 11) is 0. The third-order valence-corrected chi connectivity index (χ3v) is 6.97. The molecule has 0 bridgehead atoms. The van der Waals surface area contributed by atoms with Gasteiger partial charge in [-0.1, -0.05) is 84.9 Å². The summed E-state index contributed by atoms with van der Waals surface area (Å²) in [5, 5.41) is 5.83. The molecule has 1 unspecified atom stereocenters. The van der Waals surface area contributed by atoms with Gasteiger partial charge in [0.25, 0.3) is 0 Å². The Morgan fingerprint density at radius 2 is 1.50 bits per heavy atom. The Hall–Kier alpha value is -3.34. The van der Waals surface area contributed by atoms with Crippen LogP contribution in [0.25, 0.3) is 21.9 Å². The van der Waals surface area contributed by atoms with E-state index in [1.54, 1.807) is 0 Å². The number of hydrogen-bond donors (Lipinski definition) is 1. The lowest BCUT2D eigenvalue weighted by Crippen LogP contribution is -2.49. The van der Waals surface area contributed by atoms with Crippen molar-refractivity contribution in [2.75, 3.05) is 26.2 Å². The van der Waals surface area contributed by atoms with Crippen LogP contribution in [0.2, 0.25) is 0 Å². The number of carbonyl (C=O) groups is 1. The molecule has 34 heavy (non-hydrogen) atoms. The van der Waals surface area contributed by atoms with Crippen molar-refractivity contribution in [2.24, 2.45) is 0 Å². The van der Waals surface area contributed by atoms with Gasteiger partial charge in [0.2, 0.25) is 0 Å². The number of nitrogens with one attached hydrogen (secondary N) is 1. The minimum absolute atomic E-state index is 0. The molecule has 1 atom stereocenters. The van der Waals surface area contributed by atoms with Gasteiger partial charge in [0.1, 0.15) is 6.61 Å². The quantitative estimate of drug-likeness (QED) is 0.390. The summed E-state index contributed by atoms with van der Waals surface area (Å²) in [5.74, 6) is 0.0726. The topological polar surface area (TPSA) is 41.6 Å². The molecule has 4 aromatic carbocycles. The molecular formula is C29H27ClN2O2. The highest BCUT2D eigenvalue weighted by Crippen LogP contribution is 2.44. The Balaban J connectivity index is 0.00000241. The summed E-state index contributed by atoms with van der Waals surface area (Å²) in [4.78, 5) is 15.2. The lowest BCUT2D eigenvalue weighted by atomic mass is 9.98. The van der Waals surface area contributed by atoms with Gasteiger partial charge in [0, 0.05) is 25.6 Å². The van der Waals surface area contributed by atoms with E-state index in [4.69, 9.17) is 4.74 Å². The zero-order chi connectivity index (χ0) is 22.2. The second-order valence-electron chi connectivity index (χ2n) is 8.82. The van der Waals surface area contributed by atoms with Crippen LogP contribution >= 0.6 is 12.4 Å². The van der Waals surface area contributed by atoms with E-state index in [9.17, 15) is 4.79 Å². The van der Waals surface area contributed by atoms with Crippen molar-refractivity contribution in [1.82, 2.24) is 10.2 Å². The molecule has 1 fully saturated rings.